The van der Waals surface area contributed by atoms with Crippen molar-refractivity contribution in [2.24, 2.45) is 0 Å². The monoisotopic (exact) mass is 447 g/mol. The van der Waals surface area contributed by atoms with Crippen LogP contribution in [-0.2, 0) is 22.4 Å². The molecule has 1 aromatic heterocycles. The van der Waals surface area contributed by atoms with E-state index in [9.17, 15) is 9.59 Å². The van der Waals surface area contributed by atoms with Crippen molar-refractivity contribution in [1.82, 2.24) is 5.32 Å². The molecule has 2 amide bonds. The number of nitrogens with one attached hydrogen (secondary N) is 2. The van der Waals surface area contributed by atoms with Crippen LogP contribution in [0.1, 0.15) is 39.2 Å². The summed E-state index contributed by atoms with van der Waals surface area (Å²) in [6, 6.07) is 6.58. The number of nitriles is 1. The van der Waals surface area contributed by atoms with Gasteiger partial charge in [0.15, 0.2) is 6.61 Å². The molecule has 3 rings (SSSR count). The van der Waals surface area contributed by atoms with Gasteiger partial charge in [0, 0.05) is 18.5 Å². The first-order valence-electron chi connectivity index (χ1n) is 9.57. The van der Waals surface area contributed by atoms with Gasteiger partial charge in [0.05, 0.1) is 28.8 Å². The van der Waals surface area contributed by atoms with Gasteiger partial charge in [0.1, 0.15) is 10.8 Å². The Morgan fingerprint density at radius 3 is 2.83 bits per heavy atom. The van der Waals surface area contributed by atoms with Gasteiger partial charge >= 0.3 is 0 Å². The number of carbonyl (C=O) groups excluding carboxylic acids is 2. The SMILES string of the molecule is COCCNC(=O)c1c(NC(=O)COc2ccc(C#N)cc2Cl)sc2c1CCCC2. The van der Waals surface area contributed by atoms with Crippen LogP contribution in [0.2, 0.25) is 5.02 Å². The van der Waals surface area contributed by atoms with E-state index in [2.05, 4.69) is 10.6 Å². The van der Waals surface area contributed by atoms with Gasteiger partial charge in [0.2, 0.25) is 0 Å². The predicted octanol–water partition coefficient (Wildman–Crippen LogP) is 3.55. The molecule has 0 saturated carbocycles. The van der Waals surface area contributed by atoms with Crippen LogP contribution in [0.25, 0.3) is 0 Å². The first-order chi connectivity index (χ1) is 14.5. The number of thiophene rings is 1. The number of nitrogens with zero attached hydrogens (tertiary/aromatic N) is 1. The third kappa shape index (κ3) is 5.30. The third-order valence-electron chi connectivity index (χ3n) is 4.66. The Labute approximate surface area is 183 Å². The lowest BCUT2D eigenvalue weighted by Gasteiger charge is -2.13. The van der Waals surface area contributed by atoms with Crippen LogP contribution in [-0.4, -0.2) is 38.7 Å². The molecule has 1 aromatic carbocycles. The second-order valence-corrected chi connectivity index (χ2v) is 8.27. The van der Waals surface area contributed by atoms with Gasteiger partial charge in [-0.25, -0.2) is 0 Å². The summed E-state index contributed by atoms with van der Waals surface area (Å²) in [5, 5.41) is 15.3. The molecule has 0 bridgehead atoms. The molecular weight excluding hydrogens is 426 g/mol. The fourth-order valence-electron chi connectivity index (χ4n) is 3.24. The van der Waals surface area contributed by atoms with Crippen molar-refractivity contribution in [3.8, 4) is 11.8 Å². The number of hydrogen-bond acceptors (Lipinski definition) is 6. The van der Waals surface area contributed by atoms with Crippen LogP contribution in [0.4, 0.5) is 5.00 Å². The number of carbonyl (C=O) groups is 2. The minimum atomic E-state index is -0.389. The van der Waals surface area contributed by atoms with Crippen LogP contribution in [0, 0.1) is 11.3 Å². The molecule has 7 nitrogen and oxygen atoms in total. The fourth-order valence-corrected chi connectivity index (χ4v) is 4.78. The molecule has 0 spiro atoms. The van der Waals surface area contributed by atoms with Crippen molar-refractivity contribution in [1.29, 1.82) is 5.26 Å². The summed E-state index contributed by atoms with van der Waals surface area (Å²) in [6.45, 7) is 0.547. The fraction of sp³-hybridized carbons (Fsp3) is 0.381. The topological polar surface area (TPSA) is 100 Å². The van der Waals surface area contributed by atoms with Crippen LogP contribution < -0.4 is 15.4 Å². The summed E-state index contributed by atoms with van der Waals surface area (Å²) in [5.74, 6) is -0.286. The van der Waals surface area contributed by atoms with Crippen molar-refractivity contribution in [3.05, 3.63) is 44.8 Å². The lowest BCUT2D eigenvalue weighted by atomic mass is 9.95. The molecule has 9 heteroatoms. The lowest BCUT2D eigenvalue weighted by Crippen LogP contribution is -2.29. The van der Waals surface area contributed by atoms with E-state index in [0.29, 0.717) is 35.0 Å². The van der Waals surface area contributed by atoms with E-state index < -0.39 is 0 Å². The standard InChI is InChI=1S/C21H22ClN3O4S/c1-28-9-8-24-20(27)19-14-4-2-3-5-17(14)30-21(19)25-18(26)12-29-16-7-6-13(11-23)10-15(16)22/h6-7,10H,2-5,8-9,12H2,1H3,(H,24,27)(H,25,26). The van der Waals surface area contributed by atoms with E-state index in [4.69, 9.17) is 26.3 Å². The summed E-state index contributed by atoms with van der Waals surface area (Å²) >= 11 is 7.52. The van der Waals surface area contributed by atoms with Crippen LogP contribution in [0.15, 0.2) is 18.2 Å². The van der Waals surface area contributed by atoms with Gasteiger partial charge < -0.3 is 20.1 Å². The zero-order valence-electron chi connectivity index (χ0n) is 16.5. The second-order valence-electron chi connectivity index (χ2n) is 6.76. The lowest BCUT2D eigenvalue weighted by molar-refractivity contribution is -0.118. The molecular formula is C21H22ClN3O4S. The van der Waals surface area contributed by atoms with Gasteiger partial charge in [-0.05, 0) is 49.4 Å². The molecule has 0 unspecified atom stereocenters. The number of rotatable bonds is 8. The largest absolute Gasteiger partial charge is 0.482 e. The van der Waals surface area contributed by atoms with Gasteiger partial charge in [-0.15, -0.1) is 11.3 Å². The Balaban J connectivity index is 1.70. The minimum absolute atomic E-state index is 0.210. The van der Waals surface area contributed by atoms with Crippen molar-refractivity contribution in [2.75, 3.05) is 32.2 Å². The molecule has 2 aromatic rings. The van der Waals surface area contributed by atoms with E-state index in [1.165, 1.54) is 17.4 Å². The Morgan fingerprint density at radius 2 is 2.10 bits per heavy atom. The summed E-state index contributed by atoms with van der Waals surface area (Å²) < 4.78 is 10.5. The Bertz CT molecular complexity index is 983. The van der Waals surface area contributed by atoms with E-state index in [0.717, 1.165) is 36.1 Å². The molecule has 0 aliphatic heterocycles. The molecule has 0 saturated heterocycles. The summed E-state index contributed by atoms with van der Waals surface area (Å²) in [5.41, 5.74) is 1.97. The Hall–Kier alpha value is -2.60. The van der Waals surface area contributed by atoms with E-state index in [1.54, 1.807) is 19.2 Å². The molecule has 158 valence electrons. The molecule has 1 heterocycles. The first-order valence-corrected chi connectivity index (χ1v) is 10.8. The smallest absolute Gasteiger partial charge is 0.262 e. The third-order valence-corrected chi connectivity index (χ3v) is 6.17. The maximum Gasteiger partial charge on any atom is 0.262 e. The van der Waals surface area contributed by atoms with Crippen LogP contribution >= 0.6 is 22.9 Å². The molecule has 2 N–H and O–H groups in total. The first kappa shape index (κ1) is 22.1. The second kappa shape index (κ2) is 10.4. The molecule has 30 heavy (non-hydrogen) atoms. The van der Waals surface area contributed by atoms with E-state index in [-0.39, 0.29) is 23.4 Å². The Kier molecular flexibility index (Phi) is 7.69. The highest BCUT2D eigenvalue weighted by atomic mass is 35.5. The summed E-state index contributed by atoms with van der Waals surface area (Å²) in [6.07, 6.45) is 3.83. The number of halogens is 1. The van der Waals surface area contributed by atoms with E-state index >= 15 is 0 Å². The number of anilines is 1. The van der Waals surface area contributed by atoms with Crippen molar-refractivity contribution < 1.29 is 19.1 Å². The maximum absolute atomic E-state index is 12.8. The highest BCUT2D eigenvalue weighted by Gasteiger charge is 2.26. The number of amides is 2. The molecule has 0 atom stereocenters. The highest BCUT2D eigenvalue weighted by molar-refractivity contribution is 7.17. The minimum Gasteiger partial charge on any atom is -0.482 e. The number of benzene rings is 1. The van der Waals surface area contributed by atoms with Crippen LogP contribution in [0.3, 0.4) is 0 Å². The zero-order valence-corrected chi connectivity index (χ0v) is 18.1. The van der Waals surface area contributed by atoms with Gasteiger partial charge in [-0.1, -0.05) is 11.6 Å². The normalized spacial score (nSPS) is 12.6. The number of methoxy groups -OCH3 is 1. The van der Waals surface area contributed by atoms with Crippen molar-refractivity contribution in [2.45, 2.75) is 25.7 Å². The highest BCUT2D eigenvalue weighted by Crippen LogP contribution is 2.38. The average Bonchev–Trinajstić information content (AvgIpc) is 3.10. The summed E-state index contributed by atoms with van der Waals surface area (Å²) in [7, 11) is 1.57. The number of hydrogen-bond donors (Lipinski definition) is 2. The van der Waals surface area contributed by atoms with Crippen LogP contribution in [0.5, 0.6) is 5.75 Å². The maximum atomic E-state index is 12.8. The van der Waals surface area contributed by atoms with Crippen molar-refractivity contribution in [3.63, 3.8) is 0 Å². The summed E-state index contributed by atoms with van der Waals surface area (Å²) in [4.78, 5) is 26.4. The number of aryl methyl sites for hydroxylation is 1. The molecule has 1 aliphatic rings. The zero-order chi connectivity index (χ0) is 21.5. The number of fused-ring (bicyclic) bond motifs is 1. The number of ether oxygens (including phenoxy) is 2. The van der Waals surface area contributed by atoms with Gasteiger partial charge in [0.25, 0.3) is 11.8 Å². The molecule has 1 aliphatic carbocycles. The molecule has 0 radical (unpaired) electrons. The Morgan fingerprint density at radius 1 is 1.30 bits per heavy atom. The van der Waals surface area contributed by atoms with Gasteiger partial charge in [-0.3, -0.25) is 9.59 Å². The quantitative estimate of drug-likeness (QED) is 0.603. The van der Waals surface area contributed by atoms with Gasteiger partial charge in [-0.2, -0.15) is 5.26 Å². The van der Waals surface area contributed by atoms with E-state index in [1.807, 2.05) is 6.07 Å². The average molecular weight is 448 g/mol. The van der Waals surface area contributed by atoms with Crippen molar-refractivity contribution >= 4 is 39.8 Å². The predicted molar refractivity (Wildman–Crippen MR) is 115 cm³/mol. The molecule has 0 fully saturated rings.